The van der Waals surface area contributed by atoms with Crippen LogP contribution in [0.1, 0.15) is 13.8 Å². The Morgan fingerprint density at radius 3 is 2.81 bits per heavy atom. The van der Waals surface area contributed by atoms with Gasteiger partial charge in [-0.15, -0.1) is 0 Å². The Labute approximate surface area is 95.8 Å². The Balaban J connectivity index is 2.18. The largest absolute Gasteiger partial charge is 0.353 e. The molecule has 0 aromatic rings. The maximum Gasteiger partial charge on any atom is 0.315 e. The van der Waals surface area contributed by atoms with Crippen LogP contribution in [-0.4, -0.2) is 55.6 Å². The number of nitrogens with zero attached hydrogens (tertiary/aromatic N) is 1. The number of amides is 3. The van der Waals surface area contributed by atoms with Gasteiger partial charge >= 0.3 is 6.03 Å². The quantitative estimate of drug-likeness (QED) is 0.572. The molecular weight excluding hydrogens is 208 g/mol. The van der Waals surface area contributed by atoms with E-state index in [0.717, 1.165) is 6.54 Å². The van der Waals surface area contributed by atoms with Crippen LogP contribution < -0.4 is 16.0 Å². The average molecular weight is 228 g/mol. The van der Waals surface area contributed by atoms with Crippen molar-refractivity contribution in [2.75, 3.05) is 26.7 Å². The first kappa shape index (κ1) is 12.8. The molecule has 1 atom stereocenters. The zero-order valence-corrected chi connectivity index (χ0v) is 10.0. The molecule has 92 valence electrons. The lowest BCUT2D eigenvalue weighted by Crippen LogP contribution is -2.45. The van der Waals surface area contributed by atoms with E-state index in [-0.39, 0.29) is 11.9 Å². The average Bonchev–Trinajstić information content (AvgIpc) is 2.64. The van der Waals surface area contributed by atoms with Gasteiger partial charge in [0.1, 0.15) is 6.04 Å². The van der Waals surface area contributed by atoms with Gasteiger partial charge in [0.2, 0.25) is 5.91 Å². The molecule has 0 spiro atoms. The second-order valence-corrected chi connectivity index (χ2v) is 4.27. The number of urea groups is 1. The summed E-state index contributed by atoms with van der Waals surface area (Å²) in [5, 5.41) is 7.88. The molecule has 0 saturated carbocycles. The van der Waals surface area contributed by atoms with Gasteiger partial charge in [0.15, 0.2) is 0 Å². The fourth-order valence-electron chi connectivity index (χ4n) is 1.35. The van der Waals surface area contributed by atoms with Gasteiger partial charge in [-0.05, 0) is 20.9 Å². The molecule has 6 heteroatoms. The van der Waals surface area contributed by atoms with Crippen molar-refractivity contribution in [3.63, 3.8) is 0 Å². The molecular formula is C10H20N4O2. The number of rotatable bonds is 5. The van der Waals surface area contributed by atoms with Gasteiger partial charge in [-0.2, -0.15) is 0 Å². The molecule has 3 N–H and O–H groups in total. The van der Waals surface area contributed by atoms with Crippen LogP contribution in [-0.2, 0) is 4.79 Å². The van der Waals surface area contributed by atoms with E-state index >= 15 is 0 Å². The van der Waals surface area contributed by atoms with Gasteiger partial charge in [-0.3, -0.25) is 4.79 Å². The summed E-state index contributed by atoms with van der Waals surface area (Å²) in [6, 6.07) is -0.249. The van der Waals surface area contributed by atoms with Gasteiger partial charge in [-0.1, -0.05) is 0 Å². The van der Waals surface area contributed by atoms with Gasteiger partial charge in [0.25, 0.3) is 0 Å². The highest BCUT2D eigenvalue weighted by molar-refractivity contribution is 5.90. The monoisotopic (exact) mass is 228 g/mol. The second-order valence-electron chi connectivity index (χ2n) is 4.27. The normalized spacial score (nSPS) is 19.8. The van der Waals surface area contributed by atoms with E-state index in [0.29, 0.717) is 19.1 Å². The van der Waals surface area contributed by atoms with Gasteiger partial charge < -0.3 is 20.9 Å². The maximum absolute atomic E-state index is 11.6. The first-order valence-corrected chi connectivity index (χ1v) is 5.53. The lowest BCUT2D eigenvalue weighted by atomic mass is 10.3. The van der Waals surface area contributed by atoms with Crippen LogP contribution in [0, 0.1) is 0 Å². The van der Waals surface area contributed by atoms with Gasteiger partial charge in [0, 0.05) is 25.7 Å². The number of hydrogen-bond acceptors (Lipinski definition) is 3. The predicted molar refractivity (Wildman–Crippen MR) is 61.1 cm³/mol. The van der Waals surface area contributed by atoms with Crippen molar-refractivity contribution in [3.05, 3.63) is 0 Å². The zero-order valence-electron chi connectivity index (χ0n) is 10.0. The minimum atomic E-state index is -0.433. The number of likely N-dealkylation sites (N-methyl/N-ethyl adjacent to an activating group) is 1. The topological polar surface area (TPSA) is 73.5 Å². The fourth-order valence-corrected chi connectivity index (χ4v) is 1.35. The highest BCUT2D eigenvalue weighted by atomic mass is 16.2. The highest BCUT2D eigenvalue weighted by Gasteiger charge is 2.26. The van der Waals surface area contributed by atoms with E-state index in [1.807, 2.05) is 7.05 Å². The molecule has 1 unspecified atom stereocenters. The van der Waals surface area contributed by atoms with Crippen molar-refractivity contribution in [1.82, 2.24) is 20.9 Å². The van der Waals surface area contributed by atoms with Crippen LogP contribution >= 0.6 is 0 Å². The van der Waals surface area contributed by atoms with E-state index in [4.69, 9.17) is 0 Å². The zero-order chi connectivity index (χ0) is 12.1. The molecule has 1 aliphatic rings. The van der Waals surface area contributed by atoms with Crippen LogP contribution in [0.2, 0.25) is 0 Å². The Hall–Kier alpha value is -1.30. The second kappa shape index (κ2) is 5.69. The van der Waals surface area contributed by atoms with Crippen molar-refractivity contribution < 1.29 is 9.59 Å². The Morgan fingerprint density at radius 2 is 2.31 bits per heavy atom. The Bertz CT molecular complexity index is 268. The Morgan fingerprint density at radius 1 is 1.62 bits per heavy atom. The minimum Gasteiger partial charge on any atom is -0.353 e. The molecule has 3 amide bonds. The molecule has 1 rings (SSSR count). The molecule has 6 nitrogen and oxygen atoms in total. The molecule has 0 aliphatic carbocycles. The molecule has 0 bridgehead atoms. The van der Waals surface area contributed by atoms with Crippen LogP contribution in [0.25, 0.3) is 0 Å². The summed E-state index contributed by atoms with van der Waals surface area (Å²) in [5.74, 6) is -0.129. The summed E-state index contributed by atoms with van der Waals surface area (Å²) in [6.07, 6.45) is 0. The first-order valence-electron chi connectivity index (χ1n) is 5.53. The van der Waals surface area contributed by atoms with E-state index in [1.165, 1.54) is 0 Å². The summed E-state index contributed by atoms with van der Waals surface area (Å²) in [7, 11) is 2.01. The van der Waals surface area contributed by atoms with Gasteiger partial charge in [0.05, 0.1) is 0 Å². The molecule has 16 heavy (non-hydrogen) atoms. The van der Waals surface area contributed by atoms with E-state index < -0.39 is 6.04 Å². The van der Waals surface area contributed by atoms with Crippen molar-refractivity contribution in [1.29, 1.82) is 0 Å². The number of carbonyl (C=O) groups is 2. The molecule has 0 aromatic carbocycles. The smallest absolute Gasteiger partial charge is 0.315 e. The van der Waals surface area contributed by atoms with Crippen molar-refractivity contribution >= 4 is 11.9 Å². The number of hydrogen-bond donors (Lipinski definition) is 3. The third kappa shape index (κ3) is 3.69. The molecule has 1 saturated heterocycles. The number of carbonyl (C=O) groups excluding carboxylic acids is 2. The SMILES string of the molecule is CC(C)N(C)CCNC(=O)C1CNC(=O)N1. The van der Waals surface area contributed by atoms with Crippen LogP contribution in [0.4, 0.5) is 4.79 Å². The highest BCUT2D eigenvalue weighted by Crippen LogP contribution is 1.92. The van der Waals surface area contributed by atoms with Crippen molar-refractivity contribution in [2.45, 2.75) is 25.9 Å². The standard InChI is InChI=1S/C10H20N4O2/c1-7(2)14(3)5-4-11-9(15)8-6-12-10(16)13-8/h7-8H,4-6H2,1-3H3,(H,11,15)(H2,12,13,16). The predicted octanol–water partition coefficient (Wildman–Crippen LogP) is -0.876. The Kier molecular flexibility index (Phi) is 4.54. The van der Waals surface area contributed by atoms with E-state index in [9.17, 15) is 9.59 Å². The first-order chi connectivity index (χ1) is 7.50. The molecule has 1 heterocycles. The van der Waals surface area contributed by atoms with Crippen LogP contribution in [0.3, 0.4) is 0 Å². The van der Waals surface area contributed by atoms with Crippen molar-refractivity contribution in [3.8, 4) is 0 Å². The maximum atomic E-state index is 11.6. The lowest BCUT2D eigenvalue weighted by Gasteiger charge is -2.21. The van der Waals surface area contributed by atoms with E-state index in [2.05, 4.69) is 34.7 Å². The molecule has 0 radical (unpaired) electrons. The van der Waals surface area contributed by atoms with Gasteiger partial charge in [-0.25, -0.2) is 4.79 Å². The summed E-state index contributed by atoms with van der Waals surface area (Å²) < 4.78 is 0. The van der Waals surface area contributed by atoms with Crippen LogP contribution in [0.15, 0.2) is 0 Å². The third-order valence-corrected chi connectivity index (χ3v) is 2.73. The van der Waals surface area contributed by atoms with Crippen molar-refractivity contribution in [2.24, 2.45) is 0 Å². The fraction of sp³-hybridized carbons (Fsp3) is 0.800. The molecule has 0 aromatic heterocycles. The van der Waals surface area contributed by atoms with E-state index in [1.54, 1.807) is 0 Å². The minimum absolute atomic E-state index is 0.129. The van der Waals surface area contributed by atoms with Crippen LogP contribution in [0.5, 0.6) is 0 Å². The molecule has 1 aliphatic heterocycles. The third-order valence-electron chi connectivity index (χ3n) is 2.73. The summed E-state index contributed by atoms with van der Waals surface area (Å²) in [5.41, 5.74) is 0. The summed E-state index contributed by atoms with van der Waals surface area (Å²) in [4.78, 5) is 24.5. The summed E-state index contributed by atoms with van der Waals surface area (Å²) in [6.45, 7) is 5.97. The summed E-state index contributed by atoms with van der Waals surface area (Å²) >= 11 is 0. The lowest BCUT2D eigenvalue weighted by molar-refractivity contribution is -0.122. The molecule has 1 fully saturated rings. The number of nitrogens with one attached hydrogen (secondary N) is 3.